The predicted octanol–water partition coefficient (Wildman–Crippen LogP) is 3.25. The van der Waals surface area contributed by atoms with Crippen molar-refractivity contribution in [1.29, 1.82) is 0 Å². The maximum atomic E-state index is 12.3. The number of esters is 1. The molecule has 21 heavy (non-hydrogen) atoms. The predicted molar refractivity (Wildman–Crippen MR) is 84.5 cm³/mol. The maximum absolute atomic E-state index is 12.3. The highest BCUT2D eigenvalue weighted by atomic mass is 16.5. The Morgan fingerprint density at radius 2 is 1.86 bits per heavy atom. The summed E-state index contributed by atoms with van der Waals surface area (Å²) in [6.07, 6.45) is 0.969. The fourth-order valence-corrected chi connectivity index (χ4v) is 2.22. The molecule has 4 nitrogen and oxygen atoms in total. The molecule has 0 bridgehead atoms. The second-order valence-electron chi connectivity index (χ2n) is 5.52. The first-order valence-electron chi connectivity index (χ1n) is 7.62. The van der Waals surface area contributed by atoms with Crippen LogP contribution in [-0.2, 0) is 15.1 Å². The van der Waals surface area contributed by atoms with Crippen LogP contribution < -0.4 is 10.1 Å². The molecular formula is C17H27NO3. The Hall–Kier alpha value is -1.55. The van der Waals surface area contributed by atoms with E-state index < -0.39 is 5.54 Å². The third-order valence-electron chi connectivity index (χ3n) is 3.17. The van der Waals surface area contributed by atoms with Gasteiger partial charge in [-0.2, -0.15) is 0 Å². The molecule has 0 aromatic heterocycles. The number of rotatable bonds is 8. The molecule has 1 rings (SSSR count). The molecule has 0 saturated carbocycles. The summed E-state index contributed by atoms with van der Waals surface area (Å²) in [6.45, 7) is 10.8. The standard InChI is InChI=1S/C17H27NO3/c1-6-12-21-15-10-8-14(9-11-15)17(5,18-13(3)4)16(19)20-7-2/h8-11,13,18H,6-7,12H2,1-5H3. The maximum Gasteiger partial charge on any atom is 0.330 e. The molecule has 118 valence electrons. The minimum atomic E-state index is -0.854. The Labute approximate surface area is 127 Å². The first-order chi connectivity index (χ1) is 9.93. The van der Waals surface area contributed by atoms with Gasteiger partial charge in [0.05, 0.1) is 13.2 Å². The van der Waals surface area contributed by atoms with E-state index in [0.29, 0.717) is 13.2 Å². The molecule has 0 amide bonds. The van der Waals surface area contributed by atoms with Crippen LogP contribution in [-0.4, -0.2) is 25.2 Å². The summed E-state index contributed by atoms with van der Waals surface area (Å²) in [5, 5.41) is 3.30. The largest absolute Gasteiger partial charge is 0.494 e. The first-order valence-corrected chi connectivity index (χ1v) is 7.62. The zero-order valence-electron chi connectivity index (χ0n) is 13.7. The van der Waals surface area contributed by atoms with E-state index in [1.165, 1.54) is 0 Å². The average Bonchev–Trinajstić information content (AvgIpc) is 2.45. The van der Waals surface area contributed by atoms with Crippen molar-refractivity contribution in [3.63, 3.8) is 0 Å². The number of hydrogen-bond donors (Lipinski definition) is 1. The van der Waals surface area contributed by atoms with Gasteiger partial charge in [0.15, 0.2) is 0 Å². The monoisotopic (exact) mass is 293 g/mol. The van der Waals surface area contributed by atoms with Crippen LogP contribution in [0.15, 0.2) is 24.3 Å². The van der Waals surface area contributed by atoms with E-state index in [4.69, 9.17) is 9.47 Å². The number of ether oxygens (including phenoxy) is 2. The van der Waals surface area contributed by atoms with E-state index in [1.54, 1.807) is 0 Å². The molecular weight excluding hydrogens is 266 g/mol. The number of benzene rings is 1. The van der Waals surface area contributed by atoms with Crippen LogP contribution >= 0.6 is 0 Å². The Morgan fingerprint density at radius 3 is 2.33 bits per heavy atom. The SMILES string of the molecule is CCCOc1ccc(C(C)(NC(C)C)C(=O)OCC)cc1. The summed E-state index contributed by atoms with van der Waals surface area (Å²) in [5.41, 5.74) is 0.0199. The van der Waals surface area contributed by atoms with Crippen molar-refractivity contribution >= 4 is 5.97 Å². The van der Waals surface area contributed by atoms with Crippen molar-refractivity contribution in [3.05, 3.63) is 29.8 Å². The quantitative estimate of drug-likeness (QED) is 0.747. The molecule has 1 aromatic rings. The van der Waals surface area contributed by atoms with Gasteiger partial charge in [0, 0.05) is 6.04 Å². The first kappa shape index (κ1) is 17.5. The van der Waals surface area contributed by atoms with Gasteiger partial charge < -0.3 is 9.47 Å². The highest BCUT2D eigenvalue weighted by Gasteiger charge is 2.37. The van der Waals surface area contributed by atoms with Gasteiger partial charge in [0.1, 0.15) is 11.3 Å². The van der Waals surface area contributed by atoms with Crippen molar-refractivity contribution in [3.8, 4) is 5.75 Å². The fraction of sp³-hybridized carbons (Fsp3) is 0.588. The van der Waals surface area contributed by atoms with Gasteiger partial charge in [-0.1, -0.05) is 19.1 Å². The van der Waals surface area contributed by atoms with E-state index >= 15 is 0 Å². The van der Waals surface area contributed by atoms with Gasteiger partial charge in [-0.3, -0.25) is 5.32 Å². The summed E-state index contributed by atoms with van der Waals surface area (Å²) >= 11 is 0. The molecule has 0 spiro atoms. The minimum Gasteiger partial charge on any atom is -0.494 e. The van der Waals surface area contributed by atoms with E-state index in [-0.39, 0.29) is 12.0 Å². The van der Waals surface area contributed by atoms with Crippen LogP contribution in [0.25, 0.3) is 0 Å². The summed E-state index contributed by atoms with van der Waals surface area (Å²) in [4.78, 5) is 12.3. The molecule has 0 radical (unpaired) electrons. The summed E-state index contributed by atoms with van der Waals surface area (Å²) < 4.78 is 10.8. The molecule has 0 heterocycles. The Kier molecular flexibility index (Phi) is 6.69. The van der Waals surface area contributed by atoms with Gasteiger partial charge >= 0.3 is 5.97 Å². The van der Waals surface area contributed by atoms with Crippen LogP contribution in [0.4, 0.5) is 0 Å². The summed E-state index contributed by atoms with van der Waals surface area (Å²) in [6, 6.07) is 7.78. The third-order valence-corrected chi connectivity index (χ3v) is 3.17. The molecule has 1 aromatic carbocycles. The Morgan fingerprint density at radius 1 is 1.24 bits per heavy atom. The lowest BCUT2D eigenvalue weighted by Crippen LogP contribution is -2.50. The number of carbonyl (C=O) groups excluding carboxylic acids is 1. The molecule has 1 atom stereocenters. The number of nitrogens with one attached hydrogen (secondary N) is 1. The molecule has 0 aliphatic carbocycles. The Bertz CT molecular complexity index is 442. The van der Waals surface area contributed by atoms with Crippen molar-refractivity contribution in [2.24, 2.45) is 0 Å². The van der Waals surface area contributed by atoms with Crippen molar-refractivity contribution in [2.45, 2.75) is 52.6 Å². The van der Waals surface area contributed by atoms with Crippen LogP contribution in [0.3, 0.4) is 0 Å². The fourth-order valence-electron chi connectivity index (χ4n) is 2.22. The highest BCUT2D eigenvalue weighted by molar-refractivity contribution is 5.82. The Balaban J connectivity index is 3.00. The molecule has 1 N–H and O–H groups in total. The van der Waals surface area contributed by atoms with Crippen LogP contribution in [0.1, 0.15) is 46.6 Å². The molecule has 4 heteroatoms. The van der Waals surface area contributed by atoms with Gasteiger partial charge in [-0.05, 0) is 51.8 Å². The smallest absolute Gasteiger partial charge is 0.330 e. The summed E-state index contributed by atoms with van der Waals surface area (Å²) in [7, 11) is 0. The van der Waals surface area contributed by atoms with Crippen molar-refractivity contribution in [1.82, 2.24) is 5.32 Å². The third kappa shape index (κ3) is 4.74. The second-order valence-corrected chi connectivity index (χ2v) is 5.52. The molecule has 0 aliphatic heterocycles. The van der Waals surface area contributed by atoms with E-state index in [9.17, 15) is 4.79 Å². The van der Waals surface area contributed by atoms with Crippen molar-refractivity contribution < 1.29 is 14.3 Å². The molecule has 0 fully saturated rings. The van der Waals surface area contributed by atoms with Crippen LogP contribution in [0.5, 0.6) is 5.75 Å². The average molecular weight is 293 g/mol. The number of carbonyl (C=O) groups is 1. The lowest BCUT2D eigenvalue weighted by Gasteiger charge is -2.31. The highest BCUT2D eigenvalue weighted by Crippen LogP contribution is 2.25. The minimum absolute atomic E-state index is 0.162. The second kappa shape index (κ2) is 8.03. The zero-order chi connectivity index (χ0) is 15.9. The van der Waals surface area contributed by atoms with E-state index in [1.807, 2.05) is 52.0 Å². The van der Waals surface area contributed by atoms with Gasteiger partial charge in [0.25, 0.3) is 0 Å². The molecule has 1 unspecified atom stereocenters. The topological polar surface area (TPSA) is 47.6 Å². The van der Waals surface area contributed by atoms with Crippen molar-refractivity contribution in [2.75, 3.05) is 13.2 Å². The van der Waals surface area contributed by atoms with E-state index in [2.05, 4.69) is 12.2 Å². The zero-order valence-corrected chi connectivity index (χ0v) is 13.7. The van der Waals surface area contributed by atoms with Gasteiger partial charge in [-0.25, -0.2) is 4.79 Å². The van der Waals surface area contributed by atoms with Crippen LogP contribution in [0.2, 0.25) is 0 Å². The van der Waals surface area contributed by atoms with Gasteiger partial charge in [-0.15, -0.1) is 0 Å². The lowest BCUT2D eigenvalue weighted by atomic mass is 9.91. The molecule has 0 aliphatic rings. The molecule has 0 saturated heterocycles. The lowest BCUT2D eigenvalue weighted by molar-refractivity contribution is -0.151. The summed E-state index contributed by atoms with van der Waals surface area (Å²) in [5.74, 6) is 0.553. The normalized spacial score (nSPS) is 13.8. The van der Waals surface area contributed by atoms with Crippen LogP contribution in [0, 0.1) is 0 Å². The number of hydrogen-bond acceptors (Lipinski definition) is 4. The van der Waals surface area contributed by atoms with Gasteiger partial charge in [0.2, 0.25) is 0 Å². The van der Waals surface area contributed by atoms with E-state index in [0.717, 1.165) is 17.7 Å².